The summed E-state index contributed by atoms with van der Waals surface area (Å²) < 4.78 is 21.8. The monoisotopic (exact) mass is 500 g/mol. The zero-order valence-electron chi connectivity index (χ0n) is 20.3. The van der Waals surface area contributed by atoms with Crippen molar-refractivity contribution >= 4 is 17.9 Å². The number of carboxylic acids is 1. The summed E-state index contributed by atoms with van der Waals surface area (Å²) in [6.07, 6.45) is 3.01. The number of aryl methyl sites for hydroxylation is 1. The lowest BCUT2D eigenvalue weighted by molar-refractivity contribution is -0.140. The highest BCUT2D eigenvalue weighted by molar-refractivity contribution is 5.86. The third kappa shape index (κ3) is 4.67. The summed E-state index contributed by atoms with van der Waals surface area (Å²) in [6.45, 7) is 3.61. The Morgan fingerprint density at radius 3 is 2.49 bits per heavy atom. The second-order valence-electron chi connectivity index (χ2n) is 9.15. The third-order valence-corrected chi connectivity index (χ3v) is 6.66. The summed E-state index contributed by atoms with van der Waals surface area (Å²) >= 11 is 0. The van der Waals surface area contributed by atoms with Gasteiger partial charge in [-0.05, 0) is 50.5 Å². The van der Waals surface area contributed by atoms with Crippen LogP contribution in [0.25, 0.3) is 16.9 Å². The molecule has 8 nitrogen and oxygen atoms in total. The lowest BCUT2D eigenvalue weighted by Crippen LogP contribution is -2.20. The molecule has 1 unspecified atom stereocenters. The second-order valence-corrected chi connectivity index (χ2v) is 9.15. The van der Waals surface area contributed by atoms with E-state index in [-0.39, 0.29) is 5.56 Å². The van der Waals surface area contributed by atoms with Gasteiger partial charge >= 0.3 is 12.1 Å². The first kappa shape index (κ1) is 24.2. The first-order valence-electron chi connectivity index (χ1n) is 11.9. The molecule has 37 heavy (non-hydrogen) atoms. The Morgan fingerprint density at radius 2 is 1.86 bits per heavy atom. The Morgan fingerprint density at radius 1 is 1.11 bits per heavy atom. The number of ether oxygens (including phenoxy) is 1. The van der Waals surface area contributed by atoms with E-state index in [1.54, 1.807) is 37.5 Å². The molecule has 0 aliphatic heterocycles. The number of aliphatic carboxylic acids is 1. The van der Waals surface area contributed by atoms with E-state index in [9.17, 15) is 19.1 Å². The zero-order valence-corrected chi connectivity index (χ0v) is 20.3. The molecule has 1 amide bonds. The van der Waals surface area contributed by atoms with Crippen LogP contribution in [0.4, 0.5) is 15.0 Å². The van der Waals surface area contributed by atoms with Crippen molar-refractivity contribution in [1.29, 1.82) is 0 Å². The smallest absolute Gasteiger partial charge is 0.413 e. The number of halogens is 1. The van der Waals surface area contributed by atoms with Crippen LogP contribution in [-0.2, 0) is 14.9 Å². The first-order valence-corrected chi connectivity index (χ1v) is 11.9. The molecule has 0 bridgehead atoms. The quantitative estimate of drug-likeness (QED) is 0.332. The fourth-order valence-electron chi connectivity index (χ4n) is 4.32. The number of nitrogens with one attached hydrogen (secondary N) is 1. The van der Waals surface area contributed by atoms with E-state index >= 15 is 0 Å². The van der Waals surface area contributed by atoms with Crippen molar-refractivity contribution < 1.29 is 23.8 Å². The van der Waals surface area contributed by atoms with E-state index in [0.29, 0.717) is 35.6 Å². The molecule has 188 valence electrons. The first-order chi connectivity index (χ1) is 17.8. The minimum Gasteiger partial charge on any atom is -0.481 e. The van der Waals surface area contributed by atoms with Crippen molar-refractivity contribution in [3.05, 3.63) is 95.6 Å². The van der Waals surface area contributed by atoms with Gasteiger partial charge in [-0.2, -0.15) is 5.10 Å². The second kappa shape index (κ2) is 9.50. The van der Waals surface area contributed by atoms with E-state index in [0.717, 1.165) is 11.1 Å². The molecule has 1 aliphatic rings. The number of carboxylic acid groups (broad SMARTS) is 1. The van der Waals surface area contributed by atoms with Gasteiger partial charge in [-0.25, -0.2) is 13.9 Å². The van der Waals surface area contributed by atoms with Gasteiger partial charge < -0.3 is 9.84 Å². The van der Waals surface area contributed by atoms with Crippen LogP contribution in [0.1, 0.15) is 42.6 Å². The van der Waals surface area contributed by atoms with Gasteiger partial charge in [0.2, 0.25) is 0 Å². The molecule has 1 aliphatic carbocycles. The van der Waals surface area contributed by atoms with Crippen LogP contribution >= 0.6 is 0 Å². The molecule has 0 saturated heterocycles. The number of hydrogen-bond donors (Lipinski definition) is 2. The zero-order chi connectivity index (χ0) is 26.2. The molecule has 1 atom stereocenters. The minimum absolute atomic E-state index is 0.205. The largest absolute Gasteiger partial charge is 0.481 e. The normalized spacial score (nSPS) is 14.6. The Kier molecular flexibility index (Phi) is 6.20. The van der Waals surface area contributed by atoms with Gasteiger partial charge in [0.1, 0.15) is 17.7 Å². The van der Waals surface area contributed by atoms with Crippen molar-refractivity contribution in [2.75, 3.05) is 5.32 Å². The van der Waals surface area contributed by atoms with Crippen LogP contribution in [0.2, 0.25) is 0 Å². The topological polar surface area (TPSA) is 106 Å². The van der Waals surface area contributed by atoms with Crippen LogP contribution in [0.3, 0.4) is 0 Å². The van der Waals surface area contributed by atoms with Crippen molar-refractivity contribution in [2.24, 2.45) is 0 Å². The number of amides is 1. The summed E-state index contributed by atoms with van der Waals surface area (Å²) in [5.41, 5.74) is 2.34. The maximum absolute atomic E-state index is 14.8. The number of aromatic nitrogens is 3. The van der Waals surface area contributed by atoms with E-state index < -0.39 is 29.4 Å². The molecule has 4 aromatic rings. The highest BCUT2D eigenvalue weighted by Crippen LogP contribution is 2.49. The molecule has 1 saturated carbocycles. The van der Waals surface area contributed by atoms with Crippen LogP contribution in [0.15, 0.2) is 73.1 Å². The van der Waals surface area contributed by atoms with Crippen LogP contribution in [0, 0.1) is 12.7 Å². The molecule has 0 radical (unpaired) electrons. The third-order valence-electron chi connectivity index (χ3n) is 6.66. The maximum Gasteiger partial charge on any atom is 0.413 e. The molecule has 5 rings (SSSR count). The van der Waals surface area contributed by atoms with Crippen molar-refractivity contribution in [1.82, 2.24) is 14.8 Å². The fraction of sp³-hybridized carbons (Fsp3) is 0.214. The highest BCUT2D eigenvalue weighted by Gasteiger charge is 2.53. The predicted molar refractivity (Wildman–Crippen MR) is 135 cm³/mol. The number of anilines is 1. The van der Waals surface area contributed by atoms with Gasteiger partial charge in [0, 0.05) is 16.7 Å². The van der Waals surface area contributed by atoms with E-state index in [2.05, 4.69) is 15.4 Å². The lowest BCUT2D eigenvalue weighted by atomic mass is 9.94. The van der Waals surface area contributed by atoms with Gasteiger partial charge in [0.25, 0.3) is 0 Å². The Hall–Kier alpha value is -4.53. The number of carbonyl (C=O) groups excluding carboxylic acids is 1. The molecule has 2 heterocycles. The Balaban J connectivity index is 1.33. The summed E-state index contributed by atoms with van der Waals surface area (Å²) in [5, 5.41) is 16.6. The average Bonchev–Trinajstić information content (AvgIpc) is 3.63. The van der Waals surface area contributed by atoms with Gasteiger partial charge in [0.15, 0.2) is 0 Å². The van der Waals surface area contributed by atoms with E-state index in [1.807, 2.05) is 37.3 Å². The number of rotatable bonds is 7. The maximum atomic E-state index is 14.8. The molecule has 9 heteroatoms. The Bertz CT molecular complexity index is 1460. The lowest BCUT2D eigenvalue weighted by Gasteiger charge is -2.15. The van der Waals surface area contributed by atoms with Crippen LogP contribution in [-0.4, -0.2) is 31.9 Å². The number of nitrogens with zero attached hydrogens (tertiary/aromatic N) is 3. The average molecular weight is 501 g/mol. The van der Waals surface area contributed by atoms with Crippen LogP contribution in [0.5, 0.6) is 0 Å². The minimum atomic E-state index is -1.11. The standard InChI is InChI=1S/C28H25FN4O4/c1-17-15-31-33(25(17)32-27(36)37-18(2)19-6-4-3-5-7-19)21-9-11-24(30-16-21)20-8-10-22(23(29)14-20)28(12-13-28)26(34)35/h3-11,14-16,18H,12-13H2,1-2H3,(H,32,36)(H,34,35). The number of benzene rings is 2. The van der Waals surface area contributed by atoms with Gasteiger partial charge in [-0.15, -0.1) is 0 Å². The SMILES string of the molecule is Cc1cnn(-c2ccc(-c3ccc(C4(C(=O)O)CC4)c(F)c3)nc2)c1NC(=O)OC(C)c1ccccc1. The highest BCUT2D eigenvalue weighted by atomic mass is 19.1. The fourth-order valence-corrected chi connectivity index (χ4v) is 4.32. The molecule has 2 aromatic heterocycles. The van der Waals surface area contributed by atoms with Crippen molar-refractivity contribution in [3.63, 3.8) is 0 Å². The van der Waals surface area contributed by atoms with E-state index in [1.165, 1.54) is 16.8 Å². The van der Waals surface area contributed by atoms with Gasteiger partial charge in [0.05, 0.1) is 29.2 Å². The van der Waals surface area contributed by atoms with Crippen LogP contribution < -0.4 is 5.32 Å². The summed E-state index contributed by atoms with van der Waals surface area (Å²) in [4.78, 5) is 28.6. The number of pyridine rings is 1. The van der Waals surface area contributed by atoms with Crippen molar-refractivity contribution in [2.45, 2.75) is 38.2 Å². The number of hydrogen-bond acceptors (Lipinski definition) is 5. The summed E-state index contributed by atoms with van der Waals surface area (Å²) in [7, 11) is 0. The summed E-state index contributed by atoms with van der Waals surface area (Å²) in [5.74, 6) is -1.11. The molecule has 0 spiro atoms. The molecule has 2 aromatic carbocycles. The van der Waals surface area contributed by atoms with Gasteiger partial charge in [-0.1, -0.05) is 42.5 Å². The molecule has 1 fully saturated rings. The van der Waals surface area contributed by atoms with Crippen molar-refractivity contribution in [3.8, 4) is 16.9 Å². The van der Waals surface area contributed by atoms with Gasteiger partial charge in [-0.3, -0.25) is 15.1 Å². The van der Waals surface area contributed by atoms with E-state index in [4.69, 9.17) is 4.74 Å². The predicted octanol–water partition coefficient (Wildman–Crippen LogP) is 5.81. The molecular formula is C28H25FN4O4. The summed E-state index contributed by atoms with van der Waals surface area (Å²) in [6, 6.07) is 17.4. The molecular weight excluding hydrogens is 475 g/mol. The Labute approximate surface area is 212 Å². The molecule has 2 N–H and O–H groups in total. The number of carbonyl (C=O) groups is 2.